The predicted molar refractivity (Wildman–Crippen MR) is 81.1 cm³/mol. The van der Waals surface area contributed by atoms with Gasteiger partial charge in [0.1, 0.15) is 5.75 Å². The fourth-order valence-electron chi connectivity index (χ4n) is 1.65. The Balaban J connectivity index is 2.07. The standard InChI is InChI=1S/C15H18N2O3S/c1-5-19-13(18)12-16-17-14(21-12)20-11-8-6-10(7-9-11)15(2,3)4/h6-9H,5H2,1-4H3. The molecule has 21 heavy (non-hydrogen) atoms. The van der Waals surface area contributed by atoms with Gasteiger partial charge in [0.2, 0.25) is 5.01 Å². The smallest absolute Gasteiger partial charge is 0.369 e. The maximum atomic E-state index is 11.5. The van der Waals surface area contributed by atoms with Crippen LogP contribution in [0, 0.1) is 0 Å². The largest absolute Gasteiger partial charge is 0.461 e. The predicted octanol–water partition coefficient (Wildman–Crippen LogP) is 3.80. The highest BCUT2D eigenvalue weighted by Gasteiger charge is 2.16. The summed E-state index contributed by atoms with van der Waals surface area (Å²) >= 11 is 1.07. The maximum Gasteiger partial charge on any atom is 0.369 e. The lowest BCUT2D eigenvalue weighted by molar-refractivity contribution is 0.0525. The number of nitrogens with zero attached hydrogens (tertiary/aromatic N) is 2. The van der Waals surface area contributed by atoms with Crippen LogP contribution in [0.3, 0.4) is 0 Å². The number of benzene rings is 1. The van der Waals surface area contributed by atoms with Crippen LogP contribution in [0.15, 0.2) is 24.3 Å². The number of hydrogen-bond donors (Lipinski definition) is 0. The second kappa shape index (κ2) is 6.22. The number of esters is 1. The first-order valence-corrected chi connectivity index (χ1v) is 7.51. The number of carbonyl (C=O) groups is 1. The summed E-state index contributed by atoms with van der Waals surface area (Å²) in [6.07, 6.45) is 0. The average molecular weight is 306 g/mol. The Bertz CT molecular complexity index is 615. The molecular weight excluding hydrogens is 288 g/mol. The van der Waals surface area contributed by atoms with E-state index in [4.69, 9.17) is 9.47 Å². The van der Waals surface area contributed by atoms with E-state index in [-0.39, 0.29) is 10.4 Å². The summed E-state index contributed by atoms with van der Waals surface area (Å²) in [6, 6.07) is 7.79. The van der Waals surface area contributed by atoms with Gasteiger partial charge in [0.15, 0.2) is 0 Å². The summed E-state index contributed by atoms with van der Waals surface area (Å²) in [5.41, 5.74) is 1.32. The Kier molecular flexibility index (Phi) is 4.57. The molecule has 0 spiro atoms. The van der Waals surface area contributed by atoms with Gasteiger partial charge in [-0.1, -0.05) is 38.0 Å². The molecule has 6 heteroatoms. The molecular formula is C15H18N2O3S. The Labute approximate surface area is 127 Å². The first-order valence-electron chi connectivity index (χ1n) is 6.69. The fourth-order valence-corrected chi connectivity index (χ4v) is 2.26. The molecule has 0 radical (unpaired) electrons. The summed E-state index contributed by atoms with van der Waals surface area (Å²) in [4.78, 5) is 11.5. The molecule has 0 aliphatic rings. The molecule has 0 aliphatic carbocycles. The second-order valence-corrected chi connectivity index (χ2v) is 6.41. The Morgan fingerprint density at radius 3 is 2.43 bits per heavy atom. The van der Waals surface area contributed by atoms with Crippen molar-refractivity contribution in [3.63, 3.8) is 0 Å². The van der Waals surface area contributed by atoms with Crippen molar-refractivity contribution in [2.45, 2.75) is 33.1 Å². The number of carbonyl (C=O) groups excluding carboxylic acids is 1. The van der Waals surface area contributed by atoms with Gasteiger partial charge in [0.25, 0.3) is 5.19 Å². The van der Waals surface area contributed by atoms with E-state index in [9.17, 15) is 4.79 Å². The Hall–Kier alpha value is -1.95. The molecule has 0 saturated heterocycles. The molecule has 1 aromatic carbocycles. The van der Waals surface area contributed by atoms with Gasteiger partial charge >= 0.3 is 5.97 Å². The molecule has 5 nitrogen and oxygen atoms in total. The molecule has 0 atom stereocenters. The van der Waals surface area contributed by atoms with Gasteiger partial charge in [-0.2, -0.15) is 0 Å². The van der Waals surface area contributed by atoms with Gasteiger partial charge in [0.05, 0.1) is 6.61 Å². The lowest BCUT2D eigenvalue weighted by atomic mass is 9.87. The highest BCUT2D eigenvalue weighted by atomic mass is 32.1. The number of rotatable bonds is 4. The SMILES string of the molecule is CCOC(=O)c1nnc(Oc2ccc(C(C)(C)C)cc2)s1. The highest BCUT2D eigenvalue weighted by molar-refractivity contribution is 7.14. The molecule has 1 aromatic heterocycles. The number of aromatic nitrogens is 2. The van der Waals surface area contributed by atoms with Crippen LogP contribution in [0.2, 0.25) is 0 Å². The van der Waals surface area contributed by atoms with E-state index >= 15 is 0 Å². The number of hydrogen-bond acceptors (Lipinski definition) is 6. The topological polar surface area (TPSA) is 61.3 Å². The lowest BCUT2D eigenvalue weighted by Crippen LogP contribution is -2.10. The third-order valence-corrected chi connectivity index (χ3v) is 3.56. The van der Waals surface area contributed by atoms with Gasteiger partial charge < -0.3 is 9.47 Å². The highest BCUT2D eigenvalue weighted by Crippen LogP contribution is 2.28. The first-order chi connectivity index (χ1) is 9.90. The molecule has 0 bridgehead atoms. The molecule has 0 fully saturated rings. The van der Waals surface area contributed by atoms with Crippen molar-refractivity contribution in [3.8, 4) is 10.9 Å². The molecule has 2 aromatic rings. The monoisotopic (exact) mass is 306 g/mol. The third kappa shape index (κ3) is 4.01. The minimum absolute atomic E-state index is 0.0956. The minimum atomic E-state index is -0.479. The van der Waals surface area contributed by atoms with Crippen molar-refractivity contribution >= 4 is 17.3 Å². The maximum absolute atomic E-state index is 11.5. The molecule has 0 saturated carbocycles. The Morgan fingerprint density at radius 2 is 1.86 bits per heavy atom. The Morgan fingerprint density at radius 1 is 1.19 bits per heavy atom. The van der Waals surface area contributed by atoms with Crippen LogP contribution < -0.4 is 4.74 Å². The second-order valence-electron chi connectivity index (χ2n) is 5.47. The quantitative estimate of drug-likeness (QED) is 0.804. The number of ether oxygens (including phenoxy) is 2. The fraction of sp³-hybridized carbons (Fsp3) is 0.400. The summed E-state index contributed by atoms with van der Waals surface area (Å²) in [6.45, 7) is 8.51. The van der Waals surface area contributed by atoms with Crippen LogP contribution in [0.25, 0.3) is 0 Å². The summed E-state index contributed by atoms with van der Waals surface area (Å²) < 4.78 is 10.5. The van der Waals surface area contributed by atoms with Gasteiger partial charge in [-0.25, -0.2) is 4.79 Å². The molecule has 112 valence electrons. The molecule has 0 N–H and O–H groups in total. The van der Waals surface area contributed by atoms with Crippen LogP contribution in [0.4, 0.5) is 0 Å². The van der Waals surface area contributed by atoms with Crippen molar-refractivity contribution in [1.82, 2.24) is 10.2 Å². The van der Waals surface area contributed by atoms with Crippen molar-refractivity contribution in [3.05, 3.63) is 34.8 Å². The summed E-state index contributed by atoms with van der Waals surface area (Å²) in [5, 5.41) is 8.10. The van der Waals surface area contributed by atoms with Crippen molar-refractivity contribution in [2.24, 2.45) is 0 Å². The summed E-state index contributed by atoms with van der Waals surface area (Å²) in [5.74, 6) is 0.183. The third-order valence-electron chi connectivity index (χ3n) is 2.78. The lowest BCUT2D eigenvalue weighted by Gasteiger charge is -2.18. The zero-order chi connectivity index (χ0) is 15.5. The van der Waals surface area contributed by atoms with Gasteiger partial charge in [0, 0.05) is 0 Å². The van der Waals surface area contributed by atoms with Crippen LogP contribution in [0.5, 0.6) is 10.9 Å². The van der Waals surface area contributed by atoms with E-state index in [2.05, 4.69) is 31.0 Å². The molecule has 0 aliphatic heterocycles. The zero-order valence-corrected chi connectivity index (χ0v) is 13.4. The van der Waals surface area contributed by atoms with Crippen molar-refractivity contribution < 1.29 is 14.3 Å². The molecule has 2 rings (SSSR count). The van der Waals surface area contributed by atoms with E-state index < -0.39 is 5.97 Å². The van der Waals surface area contributed by atoms with Crippen LogP contribution in [-0.2, 0) is 10.2 Å². The van der Waals surface area contributed by atoms with E-state index in [0.717, 1.165) is 11.3 Å². The minimum Gasteiger partial charge on any atom is -0.461 e. The van der Waals surface area contributed by atoms with Gasteiger partial charge in [-0.3, -0.25) is 0 Å². The van der Waals surface area contributed by atoms with E-state index in [1.54, 1.807) is 6.92 Å². The normalized spacial score (nSPS) is 11.2. The van der Waals surface area contributed by atoms with Gasteiger partial charge in [-0.05, 0) is 41.4 Å². The zero-order valence-electron chi connectivity index (χ0n) is 12.5. The summed E-state index contributed by atoms with van der Waals surface area (Å²) in [7, 11) is 0. The first kappa shape index (κ1) is 15.4. The van der Waals surface area contributed by atoms with Crippen molar-refractivity contribution in [1.29, 1.82) is 0 Å². The van der Waals surface area contributed by atoms with E-state index in [1.165, 1.54) is 5.56 Å². The van der Waals surface area contributed by atoms with Gasteiger partial charge in [-0.15, -0.1) is 5.10 Å². The van der Waals surface area contributed by atoms with Crippen LogP contribution in [0.1, 0.15) is 43.1 Å². The average Bonchev–Trinajstić information content (AvgIpc) is 2.87. The molecule has 0 amide bonds. The molecule has 1 heterocycles. The van der Waals surface area contributed by atoms with Crippen molar-refractivity contribution in [2.75, 3.05) is 6.61 Å². The van der Waals surface area contributed by atoms with Crippen LogP contribution >= 0.6 is 11.3 Å². The van der Waals surface area contributed by atoms with E-state index in [1.807, 2.05) is 24.3 Å². The van der Waals surface area contributed by atoms with E-state index in [0.29, 0.717) is 17.6 Å². The van der Waals surface area contributed by atoms with Crippen LogP contribution in [-0.4, -0.2) is 22.8 Å². The molecule has 0 unspecified atom stereocenters.